The Morgan fingerprint density at radius 2 is 1.97 bits per heavy atom. The molecule has 3 aliphatic rings. The van der Waals surface area contributed by atoms with E-state index >= 15 is 0 Å². The van der Waals surface area contributed by atoms with E-state index in [4.69, 9.17) is 4.74 Å². The Balaban J connectivity index is 1.26. The van der Waals surface area contributed by atoms with Crippen LogP contribution in [0.5, 0.6) is 0 Å². The molecule has 0 aromatic carbocycles. The van der Waals surface area contributed by atoms with Crippen LogP contribution < -0.4 is 0 Å². The molecule has 6 nitrogen and oxygen atoms in total. The van der Waals surface area contributed by atoms with Crippen LogP contribution in [0.3, 0.4) is 0 Å². The van der Waals surface area contributed by atoms with E-state index in [9.17, 15) is 4.79 Å². The summed E-state index contributed by atoms with van der Waals surface area (Å²) in [5.74, 6) is 0.959. The molecule has 0 radical (unpaired) electrons. The predicted molar refractivity (Wildman–Crippen MR) is 118 cm³/mol. The normalized spacial score (nSPS) is 25.7. The summed E-state index contributed by atoms with van der Waals surface area (Å²) in [4.78, 5) is 24.2. The molecular formula is C24H38N4O2. The van der Waals surface area contributed by atoms with Crippen molar-refractivity contribution in [2.75, 3.05) is 52.4 Å². The second kappa shape index (κ2) is 9.75. The molecule has 4 rings (SSSR count). The number of piperidine rings is 1. The van der Waals surface area contributed by atoms with Crippen LogP contribution in [0.25, 0.3) is 0 Å². The summed E-state index contributed by atoms with van der Waals surface area (Å²) in [5.41, 5.74) is 0.969. The molecule has 0 N–H and O–H groups in total. The lowest BCUT2D eigenvalue weighted by Crippen LogP contribution is -2.57. The van der Waals surface area contributed by atoms with Crippen molar-refractivity contribution in [2.45, 2.75) is 57.6 Å². The molecule has 3 saturated heterocycles. The highest BCUT2D eigenvalue weighted by molar-refractivity contribution is 5.78. The first-order valence-electron chi connectivity index (χ1n) is 11.8. The fourth-order valence-corrected chi connectivity index (χ4v) is 5.44. The monoisotopic (exact) mass is 414 g/mol. The summed E-state index contributed by atoms with van der Waals surface area (Å²) in [5, 5.41) is 0. The van der Waals surface area contributed by atoms with Crippen molar-refractivity contribution in [2.24, 2.45) is 5.92 Å². The molecule has 0 aliphatic carbocycles. The molecule has 0 saturated carbocycles. The van der Waals surface area contributed by atoms with Crippen molar-refractivity contribution in [3.05, 3.63) is 30.1 Å². The fourth-order valence-electron chi connectivity index (χ4n) is 5.44. The maximum absolute atomic E-state index is 12.7. The molecular weight excluding hydrogens is 376 g/mol. The third-order valence-electron chi connectivity index (χ3n) is 7.12. The molecule has 3 fully saturated rings. The van der Waals surface area contributed by atoms with Gasteiger partial charge in [0.1, 0.15) is 0 Å². The number of likely N-dealkylation sites (tertiary alicyclic amines) is 1. The lowest BCUT2D eigenvalue weighted by molar-refractivity contribution is -0.149. The predicted octanol–water partition coefficient (Wildman–Crippen LogP) is 2.44. The summed E-state index contributed by atoms with van der Waals surface area (Å²) >= 11 is 0. The minimum atomic E-state index is -0.0247. The standard InChI is InChI=1S/C24H38N4O2/c1-20(2)19-26-11-13-27(14-12-26)22-5-15-30-24(17-22)6-9-28(10-7-24)23(29)16-21-4-3-8-25-18-21/h3-4,8,18,20,22H,5-7,9-17,19H2,1-2H3/t22-/m1/s1. The zero-order valence-corrected chi connectivity index (χ0v) is 18.8. The Morgan fingerprint density at radius 1 is 1.20 bits per heavy atom. The Kier molecular flexibility index (Phi) is 7.06. The van der Waals surface area contributed by atoms with Gasteiger partial charge in [-0.15, -0.1) is 0 Å². The van der Waals surface area contributed by atoms with Crippen molar-refractivity contribution in [1.82, 2.24) is 19.7 Å². The van der Waals surface area contributed by atoms with Gasteiger partial charge in [0.2, 0.25) is 5.91 Å². The van der Waals surface area contributed by atoms with E-state index in [1.165, 1.54) is 32.7 Å². The van der Waals surface area contributed by atoms with Gasteiger partial charge in [0.25, 0.3) is 0 Å². The highest BCUT2D eigenvalue weighted by Crippen LogP contribution is 2.37. The van der Waals surface area contributed by atoms with Crippen molar-refractivity contribution in [3.8, 4) is 0 Å². The maximum atomic E-state index is 12.7. The molecule has 1 amide bonds. The maximum Gasteiger partial charge on any atom is 0.227 e. The second-order valence-corrected chi connectivity index (χ2v) is 9.83. The van der Waals surface area contributed by atoms with Gasteiger partial charge in [0, 0.05) is 70.9 Å². The largest absolute Gasteiger partial charge is 0.375 e. The van der Waals surface area contributed by atoms with E-state index in [2.05, 4.69) is 28.6 Å². The van der Waals surface area contributed by atoms with Crippen LogP contribution in [0.1, 0.15) is 45.1 Å². The lowest BCUT2D eigenvalue weighted by Gasteiger charge is -2.49. The molecule has 1 aromatic rings. The summed E-state index contributed by atoms with van der Waals surface area (Å²) in [7, 11) is 0. The number of nitrogens with zero attached hydrogens (tertiary/aromatic N) is 4. The third kappa shape index (κ3) is 5.40. The van der Waals surface area contributed by atoms with Gasteiger partial charge in [-0.25, -0.2) is 0 Å². The third-order valence-corrected chi connectivity index (χ3v) is 7.12. The van der Waals surface area contributed by atoms with Crippen molar-refractivity contribution < 1.29 is 9.53 Å². The first-order chi connectivity index (χ1) is 14.5. The molecule has 1 spiro atoms. The van der Waals surface area contributed by atoms with Gasteiger partial charge in [0.05, 0.1) is 12.0 Å². The highest BCUT2D eigenvalue weighted by Gasteiger charge is 2.42. The Morgan fingerprint density at radius 3 is 2.63 bits per heavy atom. The number of amides is 1. The number of pyridine rings is 1. The quantitative estimate of drug-likeness (QED) is 0.741. The molecule has 1 atom stereocenters. The zero-order valence-electron chi connectivity index (χ0n) is 18.8. The topological polar surface area (TPSA) is 48.9 Å². The average Bonchev–Trinajstić information content (AvgIpc) is 2.75. The Hall–Kier alpha value is -1.50. The summed E-state index contributed by atoms with van der Waals surface area (Å²) < 4.78 is 6.36. The van der Waals surface area contributed by atoms with Crippen LogP contribution in [-0.2, 0) is 16.0 Å². The number of aromatic nitrogens is 1. The van der Waals surface area contributed by atoms with Crippen LogP contribution in [0.2, 0.25) is 0 Å². The van der Waals surface area contributed by atoms with E-state index in [0.717, 1.165) is 56.9 Å². The van der Waals surface area contributed by atoms with Gasteiger partial charge >= 0.3 is 0 Å². The number of hydrogen-bond acceptors (Lipinski definition) is 5. The summed E-state index contributed by atoms with van der Waals surface area (Å²) in [6.07, 6.45) is 8.20. The summed E-state index contributed by atoms with van der Waals surface area (Å²) in [6, 6.07) is 4.51. The zero-order chi connectivity index (χ0) is 21.0. The van der Waals surface area contributed by atoms with Crippen LogP contribution in [0.15, 0.2) is 24.5 Å². The number of carbonyl (C=O) groups excluding carboxylic acids is 1. The molecule has 6 heteroatoms. The van der Waals surface area contributed by atoms with E-state index in [0.29, 0.717) is 12.5 Å². The molecule has 166 valence electrons. The van der Waals surface area contributed by atoms with E-state index in [1.807, 2.05) is 17.0 Å². The SMILES string of the molecule is CC(C)CN1CCN([C@@H]2CCOC3(CCN(C(=O)Cc4cccnc4)CC3)C2)CC1. The van der Waals surface area contributed by atoms with Gasteiger partial charge in [-0.1, -0.05) is 19.9 Å². The van der Waals surface area contributed by atoms with Gasteiger partial charge in [-0.05, 0) is 43.2 Å². The van der Waals surface area contributed by atoms with Gasteiger partial charge in [-0.2, -0.15) is 0 Å². The van der Waals surface area contributed by atoms with Crippen molar-refractivity contribution in [3.63, 3.8) is 0 Å². The van der Waals surface area contributed by atoms with Gasteiger partial charge < -0.3 is 14.5 Å². The second-order valence-electron chi connectivity index (χ2n) is 9.83. The minimum Gasteiger partial charge on any atom is -0.375 e. The van der Waals surface area contributed by atoms with E-state index < -0.39 is 0 Å². The number of rotatable bonds is 5. The molecule has 0 bridgehead atoms. The smallest absolute Gasteiger partial charge is 0.227 e. The fraction of sp³-hybridized carbons (Fsp3) is 0.750. The minimum absolute atomic E-state index is 0.0247. The number of hydrogen-bond donors (Lipinski definition) is 0. The van der Waals surface area contributed by atoms with Crippen LogP contribution in [0.4, 0.5) is 0 Å². The van der Waals surface area contributed by atoms with Crippen molar-refractivity contribution >= 4 is 5.91 Å². The number of carbonyl (C=O) groups is 1. The van der Waals surface area contributed by atoms with Gasteiger partial charge in [-0.3, -0.25) is 14.7 Å². The average molecular weight is 415 g/mol. The highest BCUT2D eigenvalue weighted by atomic mass is 16.5. The van der Waals surface area contributed by atoms with E-state index in [1.54, 1.807) is 12.4 Å². The molecule has 4 heterocycles. The van der Waals surface area contributed by atoms with Crippen LogP contribution in [0, 0.1) is 5.92 Å². The molecule has 30 heavy (non-hydrogen) atoms. The molecule has 0 unspecified atom stereocenters. The van der Waals surface area contributed by atoms with Gasteiger partial charge in [0.15, 0.2) is 0 Å². The first-order valence-corrected chi connectivity index (χ1v) is 11.8. The number of ether oxygens (including phenoxy) is 1. The first kappa shape index (κ1) is 21.7. The Bertz CT molecular complexity index is 680. The summed E-state index contributed by atoms with van der Waals surface area (Å²) in [6.45, 7) is 13.1. The number of piperazine rings is 1. The van der Waals surface area contributed by atoms with E-state index in [-0.39, 0.29) is 11.5 Å². The molecule has 1 aromatic heterocycles. The van der Waals surface area contributed by atoms with Crippen LogP contribution in [-0.4, -0.2) is 89.7 Å². The van der Waals surface area contributed by atoms with Crippen molar-refractivity contribution in [1.29, 1.82) is 0 Å². The lowest BCUT2D eigenvalue weighted by atomic mass is 9.81. The van der Waals surface area contributed by atoms with Crippen LogP contribution >= 0.6 is 0 Å². The molecule has 3 aliphatic heterocycles. The Labute approximate surface area is 181 Å².